The van der Waals surface area contributed by atoms with Crippen molar-refractivity contribution in [3.63, 3.8) is 0 Å². The van der Waals surface area contributed by atoms with Crippen molar-refractivity contribution in [3.8, 4) is 5.75 Å². The Morgan fingerprint density at radius 1 is 1.15 bits per heavy atom. The van der Waals surface area contributed by atoms with E-state index < -0.39 is 5.82 Å². The molecule has 0 radical (unpaired) electrons. The average molecular weight is 377 g/mol. The van der Waals surface area contributed by atoms with Crippen LogP contribution in [0.5, 0.6) is 5.75 Å². The van der Waals surface area contributed by atoms with Crippen molar-refractivity contribution in [2.45, 2.75) is 19.4 Å². The first kappa shape index (κ1) is 19.4. The maximum Gasteiger partial charge on any atom is 0.236 e. The van der Waals surface area contributed by atoms with E-state index in [0.29, 0.717) is 13.1 Å². The minimum absolute atomic E-state index is 0.234. The Labute approximate surface area is 159 Å². The zero-order valence-electron chi connectivity index (χ0n) is 15.8. The van der Waals surface area contributed by atoms with Crippen LogP contribution >= 0.6 is 0 Å². The number of phenolic OH excluding ortho intramolecular Hbond substituents is 1. The van der Waals surface area contributed by atoms with Gasteiger partial charge in [0.2, 0.25) is 5.91 Å². The Balaban J connectivity index is 1.45. The average Bonchev–Trinajstić information content (AvgIpc) is 3.21. The van der Waals surface area contributed by atoms with Gasteiger partial charge in [0, 0.05) is 52.9 Å². The Hall–Kier alpha value is -2.35. The van der Waals surface area contributed by atoms with Gasteiger partial charge in [0.25, 0.3) is 0 Å². The van der Waals surface area contributed by atoms with E-state index in [1.807, 2.05) is 4.90 Å². The molecule has 0 atom stereocenters. The first-order valence-corrected chi connectivity index (χ1v) is 9.50. The Morgan fingerprint density at radius 3 is 2.48 bits per heavy atom. The van der Waals surface area contributed by atoms with Crippen molar-refractivity contribution in [1.82, 2.24) is 20.0 Å². The Kier molecular flexibility index (Phi) is 6.49. The van der Waals surface area contributed by atoms with Gasteiger partial charge in [0.15, 0.2) is 17.5 Å². The number of likely N-dealkylation sites (tertiary alicyclic amines) is 1. The van der Waals surface area contributed by atoms with Crippen molar-refractivity contribution in [2.24, 2.45) is 4.99 Å². The van der Waals surface area contributed by atoms with Gasteiger partial charge in [-0.15, -0.1) is 0 Å². The smallest absolute Gasteiger partial charge is 0.236 e. The quantitative estimate of drug-likeness (QED) is 0.601. The van der Waals surface area contributed by atoms with Gasteiger partial charge in [-0.2, -0.15) is 0 Å². The highest BCUT2D eigenvalue weighted by atomic mass is 19.1. The van der Waals surface area contributed by atoms with E-state index in [-0.39, 0.29) is 11.7 Å². The number of halogens is 1. The second-order valence-corrected chi connectivity index (χ2v) is 7.04. The van der Waals surface area contributed by atoms with Crippen molar-refractivity contribution in [1.29, 1.82) is 0 Å². The molecule has 2 saturated heterocycles. The third kappa shape index (κ3) is 5.09. The fourth-order valence-electron chi connectivity index (χ4n) is 3.55. The van der Waals surface area contributed by atoms with Crippen LogP contribution < -0.4 is 5.32 Å². The summed E-state index contributed by atoms with van der Waals surface area (Å²) in [5.74, 6) is 0.0233. The number of carbonyl (C=O) groups excluding carboxylic acids is 1. The summed E-state index contributed by atoms with van der Waals surface area (Å²) >= 11 is 0. The van der Waals surface area contributed by atoms with E-state index in [2.05, 4.69) is 20.1 Å². The zero-order valence-corrected chi connectivity index (χ0v) is 15.8. The van der Waals surface area contributed by atoms with Gasteiger partial charge in [-0.3, -0.25) is 14.7 Å². The van der Waals surface area contributed by atoms with Crippen LogP contribution in [0.1, 0.15) is 18.4 Å². The molecule has 3 rings (SSSR count). The number of guanidine groups is 1. The molecule has 0 aromatic heterocycles. The summed E-state index contributed by atoms with van der Waals surface area (Å²) in [7, 11) is 1.73. The van der Waals surface area contributed by atoms with E-state index in [1.165, 1.54) is 12.1 Å². The monoisotopic (exact) mass is 377 g/mol. The van der Waals surface area contributed by atoms with Crippen LogP contribution in [0.4, 0.5) is 4.39 Å². The molecule has 0 saturated carbocycles. The highest BCUT2D eigenvalue weighted by Crippen LogP contribution is 2.16. The Bertz CT molecular complexity index is 683. The lowest BCUT2D eigenvalue weighted by molar-refractivity contribution is -0.131. The molecule has 2 aliphatic rings. The highest BCUT2D eigenvalue weighted by molar-refractivity contribution is 5.80. The van der Waals surface area contributed by atoms with E-state index in [9.17, 15) is 14.3 Å². The summed E-state index contributed by atoms with van der Waals surface area (Å²) in [6.07, 6.45) is 2.24. The topological polar surface area (TPSA) is 71.4 Å². The van der Waals surface area contributed by atoms with Crippen molar-refractivity contribution in [2.75, 3.05) is 52.9 Å². The second-order valence-electron chi connectivity index (χ2n) is 7.04. The molecule has 0 aliphatic carbocycles. The number of nitrogens with one attached hydrogen (secondary N) is 1. The fraction of sp³-hybridized carbons (Fsp3) is 0.579. The number of amides is 1. The molecule has 148 valence electrons. The van der Waals surface area contributed by atoms with Crippen LogP contribution in [-0.2, 0) is 11.3 Å². The van der Waals surface area contributed by atoms with Crippen LogP contribution in [-0.4, -0.2) is 84.5 Å². The summed E-state index contributed by atoms with van der Waals surface area (Å²) in [5, 5.41) is 12.5. The third-order valence-corrected chi connectivity index (χ3v) is 5.16. The number of nitrogens with zero attached hydrogens (tertiary/aromatic N) is 4. The van der Waals surface area contributed by atoms with Gasteiger partial charge >= 0.3 is 0 Å². The molecule has 0 spiro atoms. The summed E-state index contributed by atoms with van der Waals surface area (Å²) < 4.78 is 13.4. The van der Waals surface area contributed by atoms with Gasteiger partial charge in [0.05, 0.1) is 6.54 Å². The molecule has 1 aromatic carbocycles. The Morgan fingerprint density at radius 2 is 1.85 bits per heavy atom. The molecule has 2 N–H and O–H groups in total. The van der Waals surface area contributed by atoms with E-state index >= 15 is 0 Å². The number of hydrogen-bond acceptors (Lipinski definition) is 4. The number of hydrogen-bond donors (Lipinski definition) is 2. The molecule has 27 heavy (non-hydrogen) atoms. The lowest BCUT2D eigenvalue weighted by atomic mass is 10.2. The molecule has 1 amide bonds. The van der Waals surface area contributed by atoms with Crippen LogP contribution in [0.3, 0.4) is 0 Å². The highest BCUT2D eigenvalue weighted by Gasteiger charge is 2.24. The van der Waals surface area contributed by atoms with Crippen molar-refractivity contribution in [3.05, 3.63) is 29.6 Å². The predicted octanol–water partition coefficient (Wildman–Crippen LogP) is 0.847. The third-order valence-electron chi connectivity index (χ3n) is 5.16. The second kappa shape index (κ2) is 9.03. The SMILES string of the molecule is CN=C(NCc1ccc(O)c(F)c1)N1CCN(CC(=O)N2CCCC2)CC1. The number of aliphatic imine (C=N–C) groups is 1. The summed E-state index contributed by atoms with van der Waals surface area (Å²) in [6, 6.07) is 4.35. The predicted molar refractivity (Wildman–Crippen MR) is 102 cm³/mol. The first-order chi connectivity index (χ1) is 13.1. The first-order valence-electron chi connectivity index (χ1n) is 9.50. The minimum atomic E-state index is -0.624. The van der Waals surface area contributed by atoms with Gasteiger partial charge in [-0.05, 0) is 30.5 Å². The van der Waals surface area contributed by atoms with E-state index in [0.717, 1.165) is 63.6 Å². The van der Waals surface area contributed by atoms with Gasteiger partial charge in [-0.25, -0.2) is 4.39 Å². The molecule has 8 heteroatoms. The van der Waals surface area contributed by atoms with Crippen LogP contribution in [0.15, 0.2) is 23.2 Å². The minimum Gasteiger partial charge on any atom is -0.505 e. The van der Waals surface area contributed by atoms with E-state index in [4.69, 9.17) is 0 Å². The molecule has 0 bridgehead atoms. The van der Waals surface area contributed by atoms with Crippen LogP contribution in [0, 0.1) is 5.82 Å². The molecule has 2 aliphatic heterocycles. The molecule has 1 aromatic rings. The summed E-state index contributed by atoms with van der Waals surface area (Å²) in [5.41, 5.74) is 0.737. The number of phenols is 1. The standard InChI is InChI=1S/C19H28FN5O2/c1-21-19(22-13-15-4-5-17(26)16(20)12-15)25-10-8-23(9-11-25)14-18(27)24-6-2-3-7-24/h4-5,12,26H,2-3,6-11,13-14H2,1H3,(H,21,22). The summed E-state index contributed by atoms with van der Waals surface area (Å²) in [6.45, 7) is 5.92. The van der Waals surface area contributed by atoms with Gasteiger partial charge < -0.3 is 20.2 Å². The summed E-state index contributed by atoms with van der Waals surface area (Å²) in [4.78, 5) is 22.9. The fourth-order valence-corrected chi connectivity index (χ4v) is 3.55. The number of benzene rings is 1. The number of rotatable bonds is 4. The number of carbonyl (C=O) groups is 1. The van der Waals surface area contributed by atoms with Gasteiger partial charge in [-0.1, -0.05) is 6.07 Å². The maximum absolute atomic E-state index is 13.4. The number of aromatic hydroxyl groups is 1. The van der Waals surface area contributed by atoms with E-state index in [1.54, 1.807) is 13.1 Å². The molecule has 7 nitrogen and oxygen atoms in total. The largest absolute Gasteiger partial charge is 0.505 e. The molecular formula is C19H28FN5O2. The van der Waals surface area contributed by atoms with Crippen molar-refractivity contribution < 1.29 is 14.3 Å². The lowest BCUT2D eigenvalue weighted by Gasteiger charge is -2.36. The molecular weight excluding hydrogens is 349 g/mol. The normalized spacial score (nSPS) is 18.8. The zero-order chi connectivity index (χ0) is 19.2. The molecule has 0 unspecified atom stereocenters. The lowest BCUT2D eigenvalue weighted by Crippen LogP contribution is -2.54. The maximum atomic E-state index is 13.4. The molecule has 2 heterocycles. The van der Waals surface area contributed by atoms with Crippen molar-refractivity contribution >= 4 is 11.9 Å². The number of piperazine rings is 1. The van der Waals surface area contributed by atoms with Gasteiger partial charge in [0.1, 0.15) is 0 Å². The van der Waals surface area contributed by atoms with Crippen LogP contribution in [0.25, 0.3) is 0 Å². The molecule has 2 fully saturated rings. The van der Waals surface area contributed by atoms with Crippen LogP contribution in [0.2, 0.25) is 0 Å².